The molecule has 0 amide bonds. The number of benzene rings is 1. The molecular formula is C23H24F2N2O. The van der Waals surface area contributed by atoms with Gasteiger partial charge in [-0.15, -0.1) is 0 Å². The SMILES string of the molecule is OC(c1c(C2CC2)ccc2cncn12)C1CCC(c2cc(F)cc(F)c2)CC1. The van der Waals surface area contributed by atoms with Crippen molar-refractivity contribution in [2.75, 3.05) is 0 Å². The molecule has 2 fully saturated rings. The Bertz CT molecular complexity index is 983. The van der Waals surface area contributed by atoms with Crippen LogP contribution in [0, 0.1) is 17.6 Å². The standard InChI is InChI=1S/C23H24F2N2O/c24-18-9-17(10-19(25)11-18)14-1-5-16(6-2-14)23(28)22-21(15-3-4-15)8-7-20-12-26-13-27(20)22/h7-16,23,28H,1-6H2. The Morgan fingerprint density at radius 3 is 2.29 bits per heavy atom. The largest absolute Gasteiger partial charge is 0.387 e. The van der Waals surface area contributed by atoms with Crippen LogP contribution in [0.5, 0.6) is 0 Å². The molecular weight excluding hydrogens is 358 g/mol. The molecule has 2 saturated carbocycles. The Hall–Kier alpha value is -2.27. The molecule has 2 aromatic heterocycles. The summed E-state index contributed by atoms with van der Waals surface area (Å²) in [5.41, 5.74) is 3.97. The Balaban J connectivity index is 1.38. The maximum Gasteiger partial charge on any atom is 0.126 e. The summed E-state index contributed by atoms with van der Waals surface area (Å²) in [6.07, 6.45) is 8.79. The first kappa shape index (κ1) is 17.8. The average Bonchev–Trinajstić information content (AvgIpc) is 3.42. The number of rotatable bonds is 4. The summed E-state index contributed by atoms with van der Waals surface area (Å²) >= 11 is 0. The van der Waals surface area contributed by atoms with Gasteiger partial charge in [0.25, 0.3) is 0 Å². The zero-order chi connectivity index (χ0) is 19.3. The van der Waals surface area contributed by atoms with Gasteiger partial charge < -0.3 is 9.51 Å². The van der Waals surface area contributed by atoms with Crippen LogP contribution in [0.25, 0.3) is 5.52 Å². The minimum atomic E-state index is -0.543. The molecule has 2 aliphatic carbocycles. The Morgan fingerprint density at radius 1 is 0.929 bits per heavy atom. The first-order valence-electron chi connectivity index (χ1n) is 10.2. The third kappa shape index (κ3) is 3.22. The van der Waals surface area contributed by atoms with Crippen molar-refractivity contribution in [2.45, 2.75) is 56.5 Å². The van der Waals surface area contributed by atoms with Crippen LogP contribution in [-0.2, 0) is 0 Å². The van der Waals surface area contributed by atoms with Crippen molar-refractivity contribution in [3.05, 3.63) is 71.3 Å². The molecule has 1 unspecified atom stereocenters. The van der Waals surface area contributed by atoms with E-state index in [0.29, 0.717) is 5.92 Å². The number of nitrogens with zero attached hydrogens (tertiary/aromatic N) is 2. The summed E-state index contributed by atoms with van der Waals surface area (Å²) in [7, 11) is 0. The van der Waals surface area contributed by atoms with E-state index < -0.39 is 17.7 Å². The molecule has 0 aliphatic heterocycles. The lowest BCUT2D eigenvalue weighted by molar-refractivity contribution is 0.0754. The smallest absolute Gasteiger partial charge is 0.126 e. The van der Waals surface area contributed by atoms with E-state index in [1.54, 1.807) is 6.33 Å². The molecule has 0 bridgehead atoms. The first-order valence-corrected chi connectivity index (χ1v) is 10.2. The predicted octanol–water partition coefficient (Wildman–Crippen LogP) is 5.50. The maximum absolute atomic E-state index is 13.6. The highest BCUT2D eigenvalue weighted by Gasteiger charge is 2.34. The number of pyridine rings is 1. The summed E-state index contributed by atoms with van der Waals surface area (Å²) in [6, 6.07) is 8.04. The second kappa shape index (κ2) is 6.96. The second-order valence-electron chi connectivity index (χ2n) is 8.40. The lowest BCUT2D eigenvalue weighted by atomic mass is 9.75. The molecule has 2 heterocycles. The van der Waals surface area contributed by atoms with Crippen LogP contribution in [0.15, 0.2) is 42.9 Å². The normalized spacial score (nSPS) is 23.8. The van der Waals surface area contributed by atoms with E-state index >= 15 is 0 Å². The van der Waals surface area contributed by atoms with Gasteiger partial charge in [-0.3, -0.25) is 0 Å². The fourth-order valence-corrected chi connectivity index (χ4v) is 4.88. The van der Waals surface area contributed by atoms with Gasteiger partial charge in [0, 0.05) is 6.07 Å². The van der Waals surface area contributed by atoms with Crippen LogP contribution in [0.4, 0.5) is 8.78 Å². The van der Waals surface area contributed by atoms with Crippen LogP contribution in [0.3, 0.4) is 0 Å². The van der Waals surface area contributed by atoms with Gasteiger partial charge in [0.15, 0.2) is 0 Å². The van der Waals surface area contributed by atoms with Gasteiger partial charge >= 0.3 is 0 Å². The van der Waals surface area contributed by atoms with Crippen molar-refractivity contribution < 1.29 is 13.9 Å². The van der Waals surface area contributed by atoms with Crippen LogP contribution < -0.4 is 0 Å². The summed E-state index contributed by atoms with van der Waals surface area (Å²) < 4.78 is 29.2. The van der Waals surface area contributed by atoms with Crippen molar-refractivity contribution >= 4 is 5.52 Å². The van der Waals surface area contributed by atoms with Gasteiger partial charge in [-0.1, -0.05) is 6.07 Å². The van der Waals surface area contributed by atoms with Crippen molar-refractivity contribution in [2.24, 2.45) is 5.92 Å². The predicted molar refractivity (Wildman–Crippen MR) is 103 cm³/mol. The minimum Gasteiger partial charge on any atom is -0.387 e. The molecule has 3 nitrogen and oxygen atoms in total. The number of hydrogen-bond donors (Lipinski definition) is 1. The Labute approximate surface area is 163 Å². The minimum absolute atomic E-state index is 0.153. The van der Waals surface area contributed by atoms with Gasteiger partial charge in [-0.2, -0.15) is 0 Å². The summed E-state index contributed by atoms with van der Waals surface area (Å²) in [4.78, 5) is 4.26. The molecule has 0 saturated heterocycles. The molecule has 2 aliphatic rings. The number of hydrogen-bond acceptors (Lipinski definition) is 2. The molecule has 5 heteroatoms. The molecule has 0 spiro atoms. The zero-order valence-electron chi connectivity index (χ0n) is 15.7. The van der Waals surface area contributed by atoms with Gasteiger partial charge in [0.1, 0.15) is 11.6 Å². The van der Waals surface area contributed by atoms with Crippen LogP contribution in [0.2, 0.25) is 0 Å². The van der Waals surface area contributed by atoms with E-state index in [4.69, 9.17) is 0 Å². The van der Waals surface area contributed by atoms with E-state index in [-0.39, 0.29) is 11.8 Å². The third-order valence-electron chi connectivity index (χ3n) is 6.53. The summed E-state index contributed by atoms with van der Waals surface area (Å²) in [5.74, 6) is -0.181. The average molecular weight is 382 g/mol. The van der Waals surface area contributed by atoms with E-state index in [9.17, 15) is 13.9 Å². The molecule has 1 aromatic carbocycles. The lowest BCUT2D eigenvalue weighted by Gasteiger charge is -2.33. The van der Waals surface area contributed by atoms with Gasteiger partial charge in [0.2, 0.25) is 0 Å². The number of aliphatic hydroxyl groups excluding tert-OH is 1. The van der Waals surface area contributed by atoms with Crippen LogP contribution in [-0.4, -0.2) is 14.5 Å². The van der Waals surface area contributed by atoms with Crippen molar-refractivity contribution in [1.29, 1.82) is 0 Å². The fourth-order valence-electron chi connectivity index (χ4n) is 4.88. The fraction of sp³-hybridized carbons (Fsp3) is 0.435. The van der Waals surface area contributed by atoms with Crippen LogP contribution in [0.1, 0.15) is 73.3 Å². The van der Waals surface area contributed by atoms with E-state index in [2.05, 4.69) is 17.1 Å². The number of imidazole rings is 1. The highest BCUT2D eigenvalue weighted by Crippen LogP contribution is 2.47. The van der Waals surface area contributed by atoms with Crippen LogP contribution >= 0.6 is 0 Å². The van der Waals surface area contributed by atoms with E-state index in [0.717, 1.165) is 48.5 Å². The van der Waals surface area contributed by atoms with Gasteiger partial charge in [-0.25, -0.2) is 13.8 Å². The molecule has 1 N–H and O–H groups in total. The molecule has 28 heavy (non-hydrogen) atoms. The molecule has 0 radical (unpaired) electrons. The lowest BCUT2D eigenvalue weighted by Crippen LogP contribution is -2.22. The Kier molecular flexibility index (Phi) is 4.43. The van der Waals surface area contributed by atoms with Gasteiger partial charge in [-0.05, 0) is 85.6 Å². The number of halogens is 2. The molecule has 5 rings (SSSR count). The van der Waals surface area contributed by atoms with Crippen molar-refractivity contribution in [3.8, 4) is 0 Å². The number of aromatic nitrogens is 2. The topological polar surface area (TPSA) is 37.5 Å². The zero-order valence-corrected chi connectivity index (χ0v) is 15.7. The summed E-state index contributed by atoms with van der Waals surface area (Å²) in [5, 5.41) is 11.3. The van der Waals surface area contributed by atoms with E-state index in [1.165, 1.54) is 30.5 Å². The van der Waals surface area contributed by atoms with Gasteiger partial charge in [0.05, 0.1) is 29.8 Å². The summed E-state index contributed by atoms with van der Waals surface area (Å²) in [6.45, 7) is 0. The highest BCUT2D eigenvalue weighted by atomic mass is 19.1. The first-order chi connectivity index (χ1) is 13.6. The monoisotopic (exact) mass is 382 g/mol. The number of aliphatic hydroxyl groups is 1. The number of fused-ring (bicyclic) bond motifs is 1. The van der Waals surface area contributed by atoms with Crippen molar-refractivity contribution in [3.63, 3.8) is 0 Å². The quantitative estimate of drug-likeness (QED) is 0.647. The van der Waals surface area contributed by atoms with Crippen molar-refractivity contribution in [1.82, 2.24) is 9.38 Å². The second-order valence-corrected chi connectivity index (χ2v) is 8.40. The molecule has 1 atom stereocenters. The third-order valence-corrected chi connectivity index (χ3v) is 6.53. The maximum atomic E-state index is 13.6. The van der Waals surface area contributed by atoms with E-state index in [1.807, 2.05) is 10.6 Å². The Morgan fingerprint density at radius 2 is 1.61 bits per heavy atom. The molecule has 3 aromatic rings. The highest BCUT2D eigenvalue weighted by molar-refractivity contribution is 5.50. The molecule has 146 valence electrons.